The molecule has 0 saturated carbocycles. The topological polar surface area (TPSA) is 72.9 Å². The van der Waals surface area contributed by atoms with E-state index in [4.69, 9.17) is 0 Å². The summed E-state index contributed by atoms with van der Waals surface area (Å²) in [5, 5.41) is 12.3. The summed E-state index contributed by atoms with van der Waals surface area (Å²) < 4.78 is 0. The van der Waals surface area contributed by atoms with Crippen molar-refractivity contribution in [2.24, 2.45) is 0 Å². The standard InChI is InChI=1S/C20H21N3O3/c24-17-6-4-14(5-7-17)15-2-1-3-16(12-15)20(26)23-11-10-22-9-8-21-19(25)18(22)13-23/h1-7,12,18,24H,8-11,13H2,(H,21,25). The van der Waals surface area contributed by atoms with E-state index in [-0.39, 0.29) is 23.6 Å². The Morgan fingerprint density at radius 2 is 1.85 bits per heavy atom. The van der Waals surface area contributed by atoms with E-state index >= 15 is 0 Å². The molecule has 2 aliphatic rings. The quantitative estimate of drug-likeness (QED) is 0.856. The minimum Gasteiger partial charge on any atom is -0.508 e. The number of phenolic OH excluding ortho intramolecular Hbond substituents is 1. The Bertz CT molecular complexity index is 834. The molecule has 6 heteroatoms. The van der Waals surface area contributed by atoms with E-state index in [1.165, 1.54) is 0 Å². The van der Waals surface area contributed by atoms with Gasteiger partial charge in [0.25, 0.3) is 5.91 Å². The molecule has 2 saturated heterocycles. The molecule has 2 amide bonds. The maximum Gasteiger partial charge on any atom is 0.253 e. The summed E-state index contributed by atoms with van der Waals surface area (Å²) in [6.45, 7) is 3.30. The van der Waals surface area contributed by atoms with Gasteiger partial charge in [0.1, 0.15) is 11.8 Å². The first-order chi connectivity index (χ1) is 12.6. The van der Waals surface area contributed by atoms with Crippen molar-refractivity contribution in [1.82, 2.24) is 15.1 Å². The number of piperazine rings is 2. The Kier molecular flexibility index (Phi) is 4.34. The first kappa shape index (κ1) is 16.6. The molecule has 1 atom stereocenters. The summed E-state index contributed by atoms with van der Waals surface area (Å²) >= 11 is 0. The number of rotatable bonds is 2. The average molecular weight is 351 g/mol. The van der Waals surface area contributed by atoms with Crippen molar-refractivity contribution in [2.45, 2.75) is 6.04 Å². The third kappa shape index (κ3) is 3.15. The zero-order valence-corrected chi connectivity index (χ0v) is 14.4. The molecule has 1 unspecified atom stereocenters. The lowest BCUT2D eigenvalue weighted by Crippen LogP contribution is -2.64. The van der Waals surface area contributed by atoms with Crippen LogP contribution in [-0.4, -0.2) is 65.5 Å². The molecular weight excluding hydrogens is 330 g/mol. The molecule has 0 radical (unpaired) electrons. The van der Waals surface area contributed by atoms with Crippen LogP contribution in [0.3, 0.4) is 0 Å². The van der Waals surface area contributed by atoms with Gasteiger partial charge < -0.3 is 15.3 Å². The van der Waals surface area contributed by atoms with Gasteiger partial charge in [0, 0.05) is 38.3 Å². The fraction of sp³-hybridized carbons (Fsp3) is 0.300. The number of hydrogen-bond acceptors (Lipinski definition) is 4. The smallest absolute Gasteiger partial charge is 0.253 e. The van der Waals surface area contributed by atoms with E-state index in [0.717, 1.165) is 24.2 Å². The van der Waals surface area contributed by atoms with Crippen LogP contribution in [0.2, 0.25) is 0 Å². The fourth-order valence-electron chi connectivity index (χ4n) is 3.63. The van der Waals surface area contributed by atoms with Crippen molar-refractivity contribution < 1.29 is 14.7 Å². The number of carbonyl (C=O) groups excluding carboxylic acids is 2. The summed E-state index contributed by atoms with van der Waals surface area (Å²) in [6.07, 6.45) is 0. The molecule has 26 heavy (non-hydrogen) atoms. The number of hydrogen-bond donors (Lipinski definition) is 2. The molecule has 134 valence electrons. The van der Waals surface area contributed by atoms with E-state index in [1.54, 1.807) is 23.1 Å². The van der Waals surface area contributed by atoms with Gasteiger partial charge in [-0.1, -0.05) is 24.3 Å². The molecule has 2 fully saturated rings. The monoisotopic (exact) mass is 351 g/mol. The normalized spacial score (nSPS) is 20.4. The van der Waals surface area contributed by atoms with Crippen LogP contribution in [0.5, 0.6) is 5.75 Å². The van der Waals surface area contributed by atoms with Crippen LogP contribution < -0.4 is 5.32 Å². The predicted octanol–water partition coefficient (Wildman–Crippen LogP) is 1.32. The summed E-state index contributed by atoms with van der Waals surface area (Å²) in [7, 11) is 0. The largest absolute Gasteiger partial charge is 0.508 e. The highest BCUT2D eigenvalue weighted by Gasteiger charge is 2.36. The molecule has 4 rings (SSSR count). The van der Waals surface area contributed by atoms with Gasteiger partial charge in [-0.3, -0.25) is 14.5 Å². The molecule has 0 aromatic heterocycles. The van der Waals surface area contributed by atoms with E-state index in [0.29, 0.717) is 25.2 Å². The van der Waals surface area contributed by atoms with Crippen LogP contribution in [0.4, 0.5) is 0 Å². The number of phenols is 1. The zero-order chi connectivity index (χ0) is 18.1. The Morgan fingerprint density at radius 1 is 1.04 bits per heavy atom. The second-order valence-corrected chi connectivity index (χ2v) is 6.72. The van der Waals surface area contributed by atoms with Crippen LogP contribution in [0.15, 0.2) is 48.5 Å². The Balaban J connectivity index is 1.54. The highest BCUT2D eigenvalue weighted by molar-refractivity contribution is 5.96. The van der Waals surface area contributed by atoms with Gasteiger partial charge in [0.2, 0.25) is 5.91 Å². The Labute approximate surface area is 152 Å². The predicted molar refractivity (Wildman–Crippen MR) is 97.8 cm³/mol. The molecule has 2 aromatic rings. The van der Waals surface area contributed by atoms with E-state index < -0.39 is 0 Å². The highest BCUT2D eigenvalue weighted by Crippen LogP contribution is 2.24. The van der Waals surface area contributed by atoms with Crippen molar-refractivity contribution >= 4 is 11.8 Å². The van der Waals surface area contributed by atoms with Gasteiger partial charge in [-0.25, -0.2) is 0 Å². The second kappa shape index (κ2) is 6.80. The molecule has 2 N–H and O–H groups in total. The molecule has 0 aliphatic carbocycles. The molecule has 2 aliphatic heterocycles. The lowest BCUT2D eigenvalue weighted by atomic mass is 10.0. The average Bonchev–Trinajstić information content (AvgIpc) is 2.68. The van der Waals surface area contributed by atoms with Gasteiger partial charge in [0.15, 0.2) is 0 Å². The van der Waals surface area contributed by atoms with Gasteiger partial charge in [-0.15, -0.1) is 0 Å². The summed E-state index contributed by atoms with van der Waals surface area (Å²) in [4.78, 5) is 29.0. The third-order valence-corrected chi connectivity index (χ3v) is 5.09. The van der Waals surface area contributed by atoms with Crippen molar-refractivity contribution in [3.8, 4) is 16.9 Å². The van der Waals surface area contributed by atoms with Crippen molar-refractivity contribution in [3.63, 3.8) is 0 Å². The van der Waals surface area contributed by atoms with Crippen molar-refractivity contribution in [2.75, 3.05) is 32.7 Å². The highest BCUT2D eigenvalue weighted by atomic mass is 16.3. The number of aromatic hydroxyl groups is 1. The van der Waals surface area contributed by atoms with Gasteiger partial charge >= 0.3 is 0 Å². The minimum atomic E-state index is -0.248. The van der Waals surface area contributed by atoms with Crippen molar-refractivity contribution in [3.05, 3.63) is 54.1 Å². The van der Waals surface area contributed by atoms with Crippen LogP contribution >= 0.6 is 0 Å². The number of carbonyl (C=O) groups is 2. The fourth-order valence-corrected chi connectivity index (χ4v) is 3.63. The number of fused-ring (bicyclic) bond motifs is 1. The number of amides is 2. The first-order valence-electron chi connectivity index (χ1n) is 8.82. The molecular formula is C20H21N3O3. The zero-order valence-electron chi connectivity index (χ0n) is 14.4. The van der Waals surface area contributed by atoms with Crippen LogP contribution in [-0.2, 0) is 4.79 Å². The lowest BCUT2D eigenvalue weighted by Gasteiger charge is -2.43. The van der Waals surface area contributed by atoms with Crippen LogP contribution in [0.1, 0.15) is 10.4 Å². The summed E-state index contributed by atoms with van der Waals surface area (Å²) in [5.74, 6) is 0.167. The Morgan fingerprint density at radius 3 is 2.65 bits per heavy atom. The minimum absolute atomic E-state index is 0.00611. The second-order valence-electron chi connectivity index (χ2n) is 6.72. The summed E-state index contributed by atoms with van der Waals surface area (Å²) in [6, 6.07) is 14.1. The molecule has 0 spiro atoms. The van der Waals surface area contributed by atoms with Crippen LogP contribution in [0, 0.1) is 0 Å². The first-order valence-corrected chi connectivity index (χ1v) is 8.82. The number of nitrogens with one attached hydrogen (secondary N) is 1. The SMILES string of the molecule is O=C1NCCN2CCN(C(=O)c3cccc(-c4ccc(O)cc4)c3)CC12. The molecule has 2 aromatic carbocycles. The molecule has 0 bridgehead atoms. The van der Waals surface area contributed by atoms with E-state index in [2.05, 4.69) is 10.2 Å². The van der Waals surface area contributed by atoms with E-state index in [9.17, 15) is 14.7 Å². The Hall–Kier alpha value is -2.86. The lowest BCUT2D eigenvalue weighted by molar-refractivity contribution is -0.131. The maximum absolute atomic E-state index is 13.0. The van der Waals surface area contributed by atoms with Crippen LogP contribution in [0.25, 0.3) is 11.1 Å². The third-order valence-electron chi connectivity index (χ3n) is 5.09. The maximum atomic E-state index is 13.0. The number of benzene rings is 2. The number of nitrogens with zero attached hydrogens (tertiary/aromatic N) is 2. The van der Waals surface area contributed by atoms with Crippen molar-refractivity contribution in [1.29, 1.82) is 0 Å². The van der Waals surface area contributed by atoms with Gasteiger partial charge in [-0.2, -0.15) is 0 Å². The van der Waals surface area contributed by atoms with Gasteiger partial charge in [-0.05, 0) is 35.4 Å². The van der Waals surface area contributed by atoms with Gasteiger partial charge in [0.05, 0.1) is 0 Å². The molecule has 6 nitrogen and oxygen atoms in total. The summed E-state index contributed by atoms with van der Waals surface area (Å²) in [5.41, 5.74) is 2.47. The molecule has 2 heterocycles. The van der Waals surface area contributed by atoms with E-state index in [1.807, 2.05) is 30.3 Å².